The number of aryl methyl sites for hydroxylation is 3. The first-order valence-electron chi connectivity index (χ1n) is 8.23. The minimum Gasteiger partial charge on any atom is -0.339 e. The molecule has 2 aromatic carbocycles. The van der Waals surface area contributed by atoms with Crippen molar-refractivity contribution in [2.24, 2.45) is 0 Å². The van der Waals surface area contributed by atoms with Crippen LogP contribution in [0.4, 0.5) is 11.5 Å². The molecule has 0 amide bonds. The van der Waals surface area contributed by atoms with Gasteiger partial charge in [0.1, 0.15) is 12.1 Å². The highest BCUT2D eigenvalue weighted by Gasteiger charge is 2.09. The van der Waals surface area contributed by atoms with E-state index in [1.54, 1.807) is 6.33 Å². The number of aromatic nitrogens is 2. The third-order valence-corrected chi connectivity index (χ3v) is 4.58. The van der Waals surface area contributed by atoms with E-state index in [2.05, 4.69) is 73.3 Å². The molecule has 1 N–H and O–H groups in total. The van der Waals surface area contributed by atoms with Gasteiger partial charge in [0.15, 0.2) is 0 Å². The van der Waals surface area contributed by atoms with E-state index in [-0.39, 0.29) is 0 Å². The van der Waals surface area contributed by atoms with Gasteiger partial charge in [-0.3, -0.25) is 0 Å². The van der Waals surface area contributed by atoms with Crippen molar-refractivity contribution in [2.45, 2.75) is 40.5 Å². The van der Waals surface area contributed by atoms with Crippen LogP contribution in [0.15, 0.2) is 36.7 Å². The zero-order chi connectivity index (χ0) is 16.4. The van der Waals surface area contributed by atoms with E-state index in [1.165, 1.54) is 22.3 Å². The van der Waals surface area contributed by atoms with Crippen LogP contribution in [0.25, 0.3) is 10.9 Å². The van der Waals surface area contributed by atoms with Crippen molar-refractivity contribution < 1.29 is 0 Å². The number of fused-ring (bicyclic) bond motifs is 1. The van der Waals surface area contributed by atoms with Crippen molar-refractivity contribution >= 4 is 22.4 Å². The first-order valence-corrected chi connectivity index (χ1v) is 8.23. The number of hydrogen-bond acceptors (Lipinski definition) is 3. The van der Waals surface area contributed by atoms with Crippen LogP contribution < -0.4 is 5.32 Å². The molecule has 0 spiro atoms. The van der Waals surface area contributed by atoms with E-state index in [4.69, 9.17) is 0 Å². The highest BCUT2D eigenvalue weighted by molar-refractivity contribution is 5.92. The molecule has 3 aromatic rings. The van der Waals surface area contributed by atoms with Crippen LogP contribution >= 0.6 is 0 Å². The van der Waals surface area contributed by atoms with Gasteiger partial charge >= 0.3 is 0 Å². The Bertz CT molecular complexity index is 853. The fourth-order valence-electron chi connectivity index (χ4n) is 2.96. The molecule has 0 radical (unpaired) electrons. The van der Waals surface area contributed by atoms with E-state index in [0.29, 0.717) is 0 Å². The zero-order valence-electron chi connectivity index (χ0n) is 14.3. The Kier molecular flexibility index (Phi) is 4.28. The number of hydrogen-bond donors (Lipinski definition) is 1. The predicted molar refractivity (Wildman–Crippen MR) is 97.5 cm³/mol. The molecule has 3 heteroatoms. The third kappa shape index (κ3) is 2.91. The van der Waals surface area contributed by atoms with E-state index < -0.39 is 0 Å². The van der Waals surface area contributed by atoms with E-state index in [0.717, 1.165) is 35.2 Å². The van der Waals surface area contributed by atoms with Crippen molar-refractivity contribution in [3.8, 4) is 0 Å². The van der Waals surface area contributed by atoms with Gasteiger partial charge in [-0.05, 0) is 67.1 Å². The summed E-state index contributed by atoms with van der Waals surface area (Å²) in [6.45, 7) is 8.65. The molecular weight excluding hydrogens is 282 g/mol. The zero-order valence-corrected chi connectivity index (χ0v) is 14.3. The first kappa shape index (κ1) is 15.5. The monoisotopic (exact) mass is 305 g/mol. The molecule has 0 unspecified atom stereocenters. The van der Waals surface area contributed by atoms with Crippen LogP contribution in [-0.2, 0) is 12.8 Å². The Morgan fingerprint density at radius 3 is 2.43 bits per heavy atom. The summed E-state index contributed by atoms with van der Waals surface area (Å²) >= 11 is 0. The summed E-state index contributed by atoms with van der Waals surface area (Å²) in [5.74, 6) is 0.876. The van der Waals surface area contributed by atoms with Gasteiger partial charge in [-0.25, -0.2) is 9.97 Å². The summed E-state index contributed by atoms with van der Waals surface area (Å²) in [5, 5.41) is 4.58. The number of anilines is 2. The second-order valence-electron chi connectivity index (χ2n) is 5.94. The summed E-state index contributed by atoms with van der Waals surface area (Å²) in [6.07, 6.45) is 3.70. The van der Waals surface area contributed by atoms with Crippen molar-refractivity contribution in [1.29, 1.82) is 0 Å². The summed E-state index contributed by atoms with van der Waals surface area (Å²) < 4.78 is 0. The van der Waals surface area contributed by atoms with Gasteiger partial charge in [-0.1, -0.05) is 26.0 Å². The normalized spacial score (nSPS) is 11.0. The molecular formula is C20H23N3. The SMILES string of the molecule is CCc1cc2ncnc(Nc3cccc(C)c3C)c2cc1CC. The van der Waals surface area contributed by atoms with Crippen LogP contribution in [0.3, 0.4) is 0 Å². The molecule has 0 aliphatic carbocycles. The summed E-state index contributed by atoms with van der Waals surface area (Å²) in [6, 6.07) is 10.7. The topological polar surface area (TPSA) is 37.8 Å². The summed E-state index contributed by atoms with van der Waals surface area (Å²) in [7, 11) is 0. The average molecular weight is 305 g/mol. The average Bonchev–Trinajstić information content (AvgIpc) is 2.58. The molecule has 0 atom stereocenters. The van der Waals surface area contributed by atoms with E-state index in [9.17, 15) is 0 Å². The van der Waals surface area contributed by atoms with Gasteiger partial charge in [0.2, 0.25) is 0 Å². The summed E-state index contributed by atoms with van der Waals surface area (Å²) in [5.41, 5.74) is 7.37. The van der Waals surface area contributed by atoms with Crippen molar-refractivity contribution in [2.75, 3.05) is 5.32 Å². The number of benzene rings is 2. The second kappa shape index (κ2) is 6.37. The van der Waals surface area contributed by atoms with Crippen LogP contribution in [-0.4, -0.2) is 9.97 Å². The van der Waals surface area contributed by atoms with Crippen LogP contribution in [0.2, 0.25) is 0 Å². The maximum absolute atomic E-state index is 4.48. The molecule has 23 heavy (non-hydrogen) atoms. The van der Waals surface area contributed by atoms with E-state index >= 15 is 0 Å². The fourth-order valence-corrected chi connectivity index (χ4v) is 2.96. The maximum Gasteiger partial charge on any atom is 0.141 e. The number of nitrogens with one attached hydrogen (secondary N) is 1. The lowest BCUT2D eigenvalue weighted by atomic mass is 10.00. The summed E-state index contributed by atoms with van der Waals surface area (Å²) in [4.78, 5) is 8.94. The van der Waals surface area contributed by atoms with Gasteiger partial charge in [-0.2, -0.15) is 0 Å². The van der Waals surface area contributed by atoms with Crippen LogP contribution in [0.5, 0.6) is 0 Å². The highest BCUT2D eigenvalue weighted by Crippen LogP contribution is 2.28. The standard InChI is InChI=1S/C20H23N3/c1-5-15-10-17-19(11-16(15)6-2)21-12-22-20(17)23-18-9-7-8-13(3)14(18)4/h7-12H,5-6H2,1-4H3,(H,21,22,23). The molecule has 0 bridgehead atoms. The van der Waals surface area contributed by atoms with Crippen molar-refractivity contribution in [3.05, 3.63) is 58.9 Å². The van der Waals surface area contributed by atoms with Gasteiger partial charge in [-0.15, -0.1) is 0 Å². The Balaban J connectivity index is 2.12. The minimum absolute atomic E-state index is 0.876. The van der Waals surface area contributed by atoms with Gasteiger partial charge in [0, 0.05) is 11.1 Å². The lowest BCUT2D eigenvalue weighted by Gasteiger charge is -2.14. The van der Waals surface area contributed by atoms with Crippen LogP contribution in [0.1, 0.15) is 36.1 Å². The maximum atomic E-state index is 4.48. The Morgan fingerprint density at radius 1 is 0.957 bits per heavy atom. The molecule has 0 saturated heterocycles. The molecule has 1 heterocycles. The molecule has 0 aliphatic rings. The Hall–Kier alpha value is -2.42. The number of nitrogens with zero attached hydrogens (tertiary/aromatic N) is 2. The van der Waals surface area contributed by atoms with E-state index in [1.807, 2.05) is 0 Å². The highest BCUT2D eigenvalue weighted by atomic mass is 15.0. The molecule has 1 aromatic heterocycles. The first-order chi connectivity index (χ1) is 11.1. The molecule has 0 fully saturated rings. The molecule has 118 valence electrons. The molecule has 0 saturated carbocycles. The molecule has 3 nitrogen and oxygen atoms in total. The van der Waals surface area contributed by atoms with Gasteiger partial charge in [0.25, 0.3) is 0 Å². The third-order valence-electron chi connectivity index (χ3n) is 4.58. The van der Waals surface area contributed by atoms with Gasteiger partial charge in [0.05, 0.1) is 5.52 Å². The lowest BCUT2D eigenvalue weighted by Crippen LogP contribution is -2.00. The molecule has 0 aliphatic heterocycles. The van der Waals surface area contributed by atoms with Crippen molar-refractivity contribution in [3.63, 3.8) is 0 Å². The smallest absolute Gasteiger partial charge is 0.141 e. The largest absolute Gasteiger partial charge is 0.339 e. The predicted octanol–water partition coefficient (Wildman–Crippen LogP) is 5.12. The fraction of sp³-hybridized carbons (Fsp3) is 0.300. The molecule has 3 rings (SSSR count). The Labute approximate surface area is 137 Å². The van der Waals surface area contributed by atoms with Gasteiger partial charge < -0.3 is 5.32 Å². The van der Waals surface area contributed by atoms with Crippen molar-refractivity contribution in [1.82, 2.24) is 9.97 Å². The minimum atomic E-state index is 0.876. The van der Waals surface area contributed by atoms with Crippen LogP contribution in [0, 0.1) is 13.8 Å². The number of rotatable bonds is 4. The Morgan fingerprint density at radius 2 is 1.70 bits per heavy atom. The quantitative estimate of drug-likeness (QED) is 0.727. The second-order valence-corrected chi connectivity index (χ2v) is 5.94. The lowest BCUT2D eigenvalue weighted by molar-refractivity contribution is 1.04.